The molecule has 0 unspecified atom stereocenters. The first-order valence-corrected chi connectivity index (χ1v) is 5.86. The van der Waals surface area contributed by atoms with Crippen molar-refractivity contribution in [1.29, 1.82) is 0 Å². The zero-order valence-corrected chi connectivity index (χ0v) is 10.3. The van der Waals surface area contributed by atoms with Crippen LogP contribution >= 0.6 is 0 Å². The lowest BCUT2D eigenvalue weighted by Crippen LogP contribution is -2.39. The first-order chi connectivity index (χ1) is 7.61. The first kappa shape index (κ1) is 12.8. The summed E-state index contributed by atoms with van der Waals surface area (Å²) < 4.78 is 0. The van der Waals surface area contributed by atoms with E-state index in [-0.39, 0.29) is 12.5 Å². The standard InChI is InChI=1S/C11H22N4O/c1-14(2)10(16)9-13-11(12)15-7-5-3-4-6-8-15/h3-9H2,1-2H3,(H2,12,13). The minimum absolute atomic E-state index is 0.0160. The third kappa shape index (κ3) is 4.08. The van der Waals surface area contributed by atoms with Gasteiger partial charge in [0, 0.05) is 27.2 Å². The third-order valence-corrected chi connectivity index (χ3v) is 2.81. The molecule has 0 radical (unpaired) electrons. The molecule has 1 aliphatic rings. The van der Waals surface area contributed by atoms with Crippen LogP contribution in [0.3, 0.4) is 0 Å². The second-order valence-electron chi connectivity index (χ2n) is 4.36. The molecule has 0 aliphatic carbocycles. The molecule has 1 aliphatic heterocycles. The zero-order chi connectivity index (χ0) is 12.0. The van der Waals surface area contributed by atoms with Crippen molar-refractivity contribution in [2.45, 2.75) is 25.7 Å². The number of nitrogens with two attached hydrogens (primary N) is 1. The highest BCUT2D eigenvalue weighted by Gasteiger charge is 2.11. The van der Waals surface area contributed by atoms with Crippen molar-refractivity contribution in [2.24, 2.45) is 10.7 Å². The molecular weight excluding hydrogens is 204 g/mol. The SMILES string of the molecule is CN(C)C(=O)CN=C(N)N1CCCCCC1. The quantitative estimate of drug-likeness (QED) is 0.543. The average molecular weight is 226 g/mol. The topological polar surface area (TPSA) is 61.9 Å². The number of nitrogens with zero attached hydrogens (tertiary/aromatic N) is 3. The molecule has 92 valence electrons. The summed E-state index contributed by atoms with van der Waals surface area (Å²) in [7, 11) is 3.44. The third-order valence-electron chi connectivity index (χ3n) is 2.81. The summed E-state index contributed by atoms with van der Waals surface area (Å²) in [6, 6.07) is 0. The van der Waals surface area contributed by atoms with Crippen LogP contribution in [-0.4, -0.2) is 55.4 Å². The normalized spacial score (nSPS) is 18.1. The van der Waals surface area contributed by atoms with Crippen molar-refractivity contribution in [3.63, 3.8) is 0 Å². The fourth-order valence-corrected chi connectivity index (χ4v) is 1.69. The summed E-state index contributed by atoms with van der Waals surface area (Å²) in [5.41, 5.74) is 5.87. The largest absolute Gasteiger partial charge is 0.370 e. The van der Waals surface area contributed by atoms with Crippen molar-refractivity contribution < 1.29 is 4.79 Å². The van der Waals surface area contributed by atoms with Gasteiger partial charge in [-0.15, -0.1) is 0 Å². The molecule has 5 heteroatoms. The maximum absolute atomic E-state index is 11.3. The van der Waals surface area contributed by atoms with E-state index in [4.69, 9.17) is 5.73 Å². The van der Waals surface area contributed by atoms with Gasteiger partial charge in [-0.2, -0.15) is 0 Å². The van der Waals surface area contributed by atoms with Crippen molar-refractivity contribution in [3.05, 3.63) is 0 Å². The van der Waals surface area contributed by atoms with E-state index in [9.17, 15) is 4.79 Å². The predicted octanol–water partition coefficient (Wildman–Crippen LogP) is 0.265. The van der Waals surface area contributed by atoms with E-state index in [1.807, 2.05) is 0 Å². The Kier molecular flexibility index (Phi) is 5.08. The molecule has 1 rings (SSSR count). The van der Waals surface area contributed by atoms with E-state index in [1.54, 1.807) is 14.1 Å². The Balaban J connectivity index is 2.44. The van der Waals surface area contributed by atoms with Gasteiger partial charge in [0.25, 0.3) is 0 Å². The molecule has 2 N–H and O–H groups in total. The molecule has 0 atom stereocenters. The summed E-state index contributed by atoms with van der Waals surface area (Å²) in [6.45, 7) is 2.08. The number of likely N-dealkylation sites (N-methyl/N-ethyl adjacent to an activating group) is 1. The lowest BCUT2D eigenvalue weighted by atomic mass is 10.2. The van der Waals surface area contributed by atoms with Crippen LogP contribution in [0.5, 0.6) is 0 Å². The Labute approximate surface area is 97.3 Å². The van der Waals surface area contributed by atoms with E-state index in [0.29, 0.717) is 5.96 Å². The molecule has 0 aromatic carbocycles. The van der Waals surface area contributed by atoms with Gasteiger partial charge in [-0.3, -0.25) is 4.79 Å². The minimum atomic E-state index is -0.0160. The number of aliphatic imine (C=N–C) groups is 1. The zero-order valence-electron chi connectivity index (χ0n) is 10.3. The Morgan fingerprint density at radius 2 is 1.81 bits per heavy atom. The summed E-state index contributed by atoms with van der Waals surface area (Å²) in [5, 5.41) is 0. The highest BCUT2D eigenvalue weighted by molar-refractivity contribution is 5.83. The monoisotopic (exact) mass is 226 g/mol. The highest BCUT2D eigenvalue weighted by Crippen LogP contribution is 2.08. The van der Waals surface area contributed by atoms with E-state index in [1.165, 1.54) is 17.7 Å². The van der Waals surface area contributed by atoms with Crippen LogP contribution in [0.15, 0.2) is 4.99 Å². The van der Waals surface area contributed by atoms with Gasteiger partial charge in [0.1, 0.15) is 6.54 Å². The lowest BCUT2D eigenvalue weighted by Gasteiger charge is -2.21. The van der Waals surface area contributed by atoms with E-state index >= 15 is 0 Å². The fraction of sp³-hybridized carbons (Fsp3) is 0.818. The summed E-state index contributed by atoms with van der Waals surface area (Å²) in [5.74, 6) is 0.495. The maximum Gasteiger partial charge on any atom is 0.243 e. The van der Waals surface area contributed by atoms with Crippen molar-refractivity contribution in [3.8, 4) is 0 Å². The van der Waals surface area contributed by atoms with Gasteiger partial charge >= 0.3 is 0 Å². The Morgan fingerprint density at radius 1 is 1.25 bits per heavy atom. The maximum atomic E-state index is 11.3. The number of likely N-dealkylation sites (tertiary alicyclic amines) is 1. The summed E-state index contributed by atoms with van der Waals surface area (Å²) in [4.78, 5) is 19.1. The molecule has 16 heavy (non-hydrogen) atoms. The Morgan fingerprint density at radius 3 is 2.31 bits per heavy atom. The smallest absolute Gasteiger partial charge is 0.243 e. The molecule has 1 saturated heterocycles. The molecule has 1 heterocycles. The molecule has 0 aromatic rings. The average Bonchev–Trinajstić information content (AvgIpc) is 2.53. The van der Waals surface area contributed by atoms with Gasteiger partial charge in [-0.05, 0) is 12.8 Å². The number of carbonyl (C=O) groups excluding carboxylic acids is 1. The molecule has 5 nitrogen and oxygen atoms in total. The molecule has 0 saturated carbocycles. The van der Waals surface area contributed by atoms with Crippen LogP contribution in [0.25, 0.3) is 0 Å². The molecule has 1 amide bonds. The van der Waals surface area contributed by atoms with Gasteiger partial charge in [-0.1, -0.05) is 12.8 Å². The van der Waals surface area contributed by atoms with Crippen LogP contribution in [0.1, 0.15) is 25.7 Å². The number of rotatable bonds is 2. The summed E-state index contributed by atoms with van der Waals surface area (Å²) in [6.07, 6.45) is 4.86. The first-order valence-electron chi connectivity index (χ1n) is 5.86. The highest BCUT2D eigenvalue weighted by atomic mass is 16.2. The van der Waals surface area contributed by atoms with Gasteiger partial charge in [0.05, 0.1) is 0 Å². The number of guanidine groups is 1. The number of hydrogen-bond acceptors (Lipinski definition) is 2. The van der Waals surface area contributed by atoms with Gasteiger partial charge in [0.15, 0.2) is 5.96 Å². The predicted molar refractivity (Wildman–Crippen MR) is 65.2 cm³/mol. The minimum Gasteiger partial charge on any atom is -0.370 e. The van der Waals surface area contributed by atoms with Crippen molar-refractivity contribution in [2.75, 3.05) is 33.7 Å². The Hall–Kier alpha value is -1.26. The van der Waals surface area contributed by atoms with Crippen LogP contribution in [0, 0.1) is 0 Å². The second kappa shape index (κ2) is 6.35. The van der Waals surface area contributed by atoms with E-state index in [2.05, 4.69) is 9.89 Å². The van der Waals surface area contributed by atoms with E-state index in [0.717, 1.165) is 25.9 Å². The van der Waals surface area contributed by atoms with Crippen molar-refractivity contribution >= 4 is 11.9 Å². The van der Waals surface area contributed by atoms with Crippen molar-refractivity contribution in [1.82, 2.24) is 9.80 Å². The van der Waals surface area contributed by atoms with Gasteiger partial charge in [0.2, 0.25) is 5.91 Å². The second-order valence-corrected chi connectivity index (χ2v) is 4.36. The number of amides is 1. The van der Waals surface area contributed by atoms with Gasteiger partial charge in [-0.25, -0.2) is 4.99 Å². The van der Waals surface area contributed by atoms with E-state index < -0.39 is 0 Å². The van der Waals surface area contributed by atoms with Crippen LogP contribution < -0.4 is 5.73 Å². The number of hydrogen-bond donors (Lipinski definition) is 1. The molecule has 0 bridgehead atoms. The van der Waals surface area contributed by atoms with Crippen LogP contribution in [0.4, 0.5) is 0 Å². The molecular formula is C11H22N4O. The van der Waals surface area contributed by atoms with Gasteiger partial charge < -0.3 is 15.5 Å². The van der Waals surface area contributed by atoms with Crippen LogP contribution in [0.2, 0.25) is 0 Å². The molecule has 0 spiro atoms. The number of carbonyl (C=O) groups is 1. The lowest BCUT2D eigenvalue weighted by molar-refractivity contribution is -0.127. The summed E-state index contributed by atoms with van der Waals surface area (Å²) >= 11 is 0. The van der Waals surface area contributed by atoms with Crippen LogP contribution in [-0.2, 0) is 4.79 Å². The Bertz CT molecular complexity index is 255. The molecule has 1 fully saturated rings. The fourth-order valence-electron chi connectivity index (χ4n) is 1.69. The molecule has 0 aromatic heterocycles.